The van der Waals surface area contributed by atoms with Gasteiger partial charge in [0, 0.05) is 11.5 Å². The molecule has 1 amide bonds. The Bertz CT molecular complexity index is 483. The van der Waals surface area contributed by atoms with Crippen LogP contribution in [0, 0.1) is 0 Å². The van der Waals surface area contributed by atoms with Crippen LogP contribution in [0.3, 0.4) is 0 Å². The molecular weight excluding hydrogens is 270 g/mol. The zero-order valence-electron chi connectivity index (χ0n) is 13.5. The number of ether oxygens (including phenoxy) is 1. The molecule has 21 heavy (non-hydrogen) atoms. The van der Waals surface area contributed by atoms with Crippen LogP contribution in [0.25, 0.3) is 0 Å². The first kappa shape index (κ1) is 16.0. The molecule has 2 heterocycles. The first-order valence-corrected chi connectivity index (χ1v) is 7.50. The van der Waals surface area contributed by atoms with Gasteiger partial charge in [0.05, 0.1) is 5.69 Å². The lowest BCUT2D eigenvalue weighted by atomic mass is 9.92. The summed E-state index contributed by atoms with van der Waals surface area (Å²) in [5.74, 6) is 0.363. The van der Waals surface area contributed by atoms with Crippen LogP contribution in [0.4, 0.5) is 5.88 Å². The highest BCUT2D eigenvalue weighted by atomic mass is 16.5. The number of nitrogens with one attached hydrogen (secondary N) is 2. The summed E-state index contributed by atoms with van der Waals surface area (Å²) in [6.07, 6.45) is 0.378. The summed E-state index contributed by atoms with van der Waals surface area (Å²) >= 11 is 0. The maximum atomic E-state index is 12.1. The predicted octanol–water partition coefficient (Wildman–Crippen LogP) is 0.603. The Hall–Kier alpha value is -1.40. The molecule has 0 bridgehead atoms. The van der Waals surface area contributed by atoms with Gasteiger partial charge in [0.1, 0.15) is 25.3 Å². The molecule has 1 aliphatic heterocycles. The molecule has 1 unspecified atom stereocenters. The third-order valence-electron chi connectivity index (χ3n) is 3.57. The number of aromatic nitrogens is 1. The standard InChI is InChI=1S/C15H25N3O3/c1-10-7-18(8-11(2)20-10)9-13(19)16-14-6-12(17-21-14)15(3,4)5/h6,10-11H,7-9H2,1-5H3,(H,16,19)/p+1/t10-,11+. The second-order valence-corrected chi connectivity index (χ2v) is 6.97. The quantitative estimate of drug-likeness (QED) is 0.857. The van der Waals surface area contributed by atoms with Crippen LogP contribution in [0.2, 0.25) is 0 Å². The average molecular weight is 296 g/mol. The van der Waals surface area contributed by atoms with E-state index in [0.717, 1.165) is 18.8 Å². The molecule has 0 spiro atoms. The van der Waals surface area contributed by atoms with Crippen molar-refractivity contribution in [3.05, 3.63) is 11.8 Å². The van der Waals surface area contributed by atoms with Crippen LogP contribution in [-0.4, -0.2) is 42.9 Å². The van der Waals surface area contributed by atoms with Gasteiger partial charge in [-0.3, -0.25) is 10.1 Å². The van der Waals surface area contributed by atoms with Crippen molar-refractivity contribution in [3.8, 4) is 0 Å². The van der Waals surface area contributed by atoms with Gasteiger partial charge < -0.3 is 14.2 Å². The molecule has 1 aromatic rings. The molecule has 0 aromatic carbocycles. The average Bonchev–Trinajstić information content (AvgIpc) is 2.75. The Morgan fingerprint density at radius 3 is 2.52 bits per heavy atom. The van der Waals surface area contributed by atoms with Crippen molar-refractivity contribution < 1.29 is 19.0 Å². The normalized spacial score (nSPS) is 26.6. The number of anilines is 1. The molecule has 2 N–H and O–H groups in total. The molecular formula is C15H26N3O3+. The van der Waals surface area contributed by atoms with Crippen molar-refractivity contribution in [2.75, 3.05) is 25.0 Å². The Morgan fingerprint density at radius 2 is 2.00 bits per heavy atom. The molecule has 3 atom stereocenters. The molecule has 1 fully saturated rings. The number of hydrogen-bond acceptors (Lipinski definition) is 4. The number of carbonyl (C=O) groups is 1. The zero-order valence-corrected chi connectivity index (χ0v) is 13.5. The van der Waals surface area contributed by atoms with Crippen LogP contribution in [-0.2, 0) is 14.9 Å². The van der Waals surface area contributed by atoms with Crippen molar-refractivity contribution >= 4 is 11.8 Å². The van der Waals surface area contributed by atoms with Gasteiger partial charge in [0.2, 0.25) is 5.88 Å². The lowest BCUT2D eigenvalue weighted by Crippen LogP contribution is -3.16. The fourth-order valence-corrected chi connectivity index (χ4v) is 2.63. The van der Waals surface area contributed by atoms with E-state index >= 15 is 0 Å². The first-order valence-electron chi connectivity index (χ1n) is 7.50. The molecule has 0 saturated carbocycles. The monoisotopic (exact) mass is 296 g/mol. The Balaban J connectivity index is 1.88. The van der Waals surface area contributed by atoms with Gasteiger partial charge in [-0.2, -0.15) is 0 Å². The molecule has 0 radical (unpaired) electrons. The Labute approximate surface area is 125 Å². The fraction of sp³-hybridized carbons (Fsp3) is 0.733. The van der Waals surface area contributed by atoms with Gasteiger partial charge in [-0.15, -0.1) is 0 Å². The minimum absolute atomic E-state index is 0.0529. The fourth-order valence-electron chi connectivity index (χ4n) is 2.63. The number of rotatable bonds is 3. The minimum Gasteiger partial charge on any atom is -0.364 e. The van der Waals surface area contributed by atoms with Crippen molar-refractivity contribution in [1.82, 2.24) is 5.16 Å². The summed E-state index contributed by atoms with van der Waals surface area (Å²) in [6, 6.07) is 1.79. The Kier molecular flexibility index (Phi) is 4.68. The highest BCUT2D eigenvalue weighted by molar-refractivity contribution is 5.90. The molecule has 2 rings (SSSR count). The van der Waals surface area contributed by atoms with E-state index in [2.05, 4.69) is 31.2 Å². The molecule has 1 aliphatic rings. The Morgan fingerprint density at radius 1 is 1.38 bits per heavy atom. The first-order chi connectivity index (χ1) is 9.74. The van der Waals surface area contributed by atoms with E-state index in [1.54, 1.807) is 6.07 Å². The zero-order chi connectivity index (χ0) is 15.6. The number of nitrogens with zero attached hydrogens (tertiary/aromatic N) is 1. The van der Waals surface area contributed by atoms with E-state index in [4.69, 9.17) is 9.26 Å². The van der Waals surface area contributed by atoms with Crippen LogP contribution in [0.15, 0.2) is 10.6 Å². The molecule has 1 saturated heterocycles. The van der Waals surface area contributed by atoms with Crippen molar-refractivity contribution in [2.45, 2.75) is 52.2 Å². The van der Waals surface area contributed by atoms with Gasteiger partial charge >= 0.3 is 0 Å². The maximum Gasteiger partial charge on any atom is 0.281 e. The smallest absolute Gasteiger partial charge is 0.281 e. The van der Waals surface area contributed by atoms with Crippen LogP contribution >= 0.6 is 0 Å². The highest BCUT2D eigenvalue weighted by Gasteiger charge is 2.27. The topological polar surface area (TPSA) is 68.8 Å². The third-order valence-corrected chi connectivity index (χ3v) is 3.57. The van der Waals surface area contributed by atoms with E-state index in [9.17, 15) is 4.79 Å². The summed E-state index contributed by atoms with van der Waals surface area (Å²) in [6.45, 7) is 12.4. The van der Waals surface area contributed by atoms with Crippen LogP contribution in [0.5, 0.6) is 0 Å². The van der Waals surface area contributed by atoms with Gasteiger partial charge in [-0.05, 0) is 13.8 Å². The number of carbonyl (C=O) groups excluding carboxylic acids is 1. The summed E-state index contributed by atoms with van der Waals surface area (Å²) in [5.41, 5.74) is 0.742. The number of quaternary nitrogens is 1. The summed E-state index contributed by atoms with van der Waals surface area (Å²) in [5, 5.41) is 6.78. The van der Waals surface area contributed by atoms with Gasteiger partial charge in [-0.1, -0.05) is 25.9 Å². The number of amides is 1. The minimum atomic E-state index is -0.0905. The van der Waals surface area contributed by atoms with E-state index in [-0.39, 0.29) is 23.5 Å². The van der Waals surface area contributed by atoms with Crippen molar-refractivity contribution in [2.24, 2.45) is 0 Å². The summed E-state index contributed by atoms with van der Waals surface area (Å²) in [7, 11) is 0. The second kappa shape index (κ2) is 6.15. The summed E-state index contributed by atoms with van der Waals surface area (Å²) < 4.78 is 10.9. The summed E-state index contributed by atoms with van der Waals surface area (Å²) in [4.78, 5) is 13.3. The number of morpholine rings is 1. The van der Waals surface area contributed by atoms with E-state index in [1.165, 1.54) is 4.90 Å². The van der Waals surface area contributed by atoms with E-state index in [1.807, 2.05) is 13.8 Å². The lowest BCUT2D eigenvalue weighted by molar-refractivity contribution is -0.907. The molecule has 118 valence electrons. The van der Waals surface area contributed by atoms with Crippen molar-refractivity contribution in [3.63, 3.8) is 0 Å². The SMILES string of the molecule is C[C@@H]1C[NH+](CC(=O)Nc2cc(C(C)(C)C)no2)C[C@H](C)O1. The largest absolute Gasteiger partial charge is 0.364 e. The lowest BCUT2D eigenvalue weighted by Gasteiger charge is -2.31. The van der Waals surface area contributed by atoms with Gasteiger partial charge in [0.15, 0.2) is 6.54 Å². The third kappa shape index (κ3) is 4.54. The van der Waals surface area contributed by atoms with Crippen LogP contribution < -0.4 is 10.2 Å². The number of hydrogen-bond donors (Lipinski definition) is 2. The van der Waals surface area contributed by atoms with Gasteiger partial charge in [-0.25, -0.2) is 0 Å². The molecule has 1 aromatic heterocycles. The van der Waals surface area contributed by atoms with E-state index < -0.39 is 0 Å². The van der Waals surface area contributed by atoms with E-state index in [0.29, 0.717) is 12.4 Å². The van der Waals surface area contributed by atoms with Crippen LogP contribution in [0.1, 0.15) is 40.3 Å². The van der Waals surface area contributed by atoms with Gasteiger partial charge in [0.25, 0.3) is 5.91 Å². The van der Waals surface area contributed by atoms with Crippen molar-refractivity contribution in [1.29, 1.82) is 0 Å². The molecule has 0 aliphatic carbocycles. The molecule has 6 heteroatoms. The molecule has 6 nitrogen and oxygen atoms in total. The maximum absolute atomic E-state index is 12.1. The predicted molar refractivity (Wildman–Crippen MR) is 79.4 cm³/mol. The highest BCUT2D eigenvalue weighted by Crippen LogP contribution is 2.23. The second-order valence-electron chi connectivity index (χ2n) is 6.97.